The number of rotatable bonds is 6. The van der Waals surface area contributed by atoms with E-state index >= 15 is 0 Å². The van der Waals surface area contributed by atoms with Crippen molar-refractivity contribution in [3.05, 3.63) is 29.8 Å². The predicted octanol–water partition coefficient (Wildman–Crippen LogP) is 1.15. The third-order valence-electron chi connectivity index (χ3n) is 2.19. The normalized spacial score (nSPS) is 11.7. The zero-order chi connectivity index (χ0) is 11.1. The van der Waals surface area contributed by atoms with Crippen LogP contribution in [0.2, 0.25) is 0 Å². The standard InChI is InChI=1S/C12H20O2Si/c1-4-13-12(14-5-2)15-11-8-6-7-10(3)9-11/h6-9,12H,4-5,15H2,1-3H3. The molecule has 0 aliphatic heterocycles. The number of benzene rings is 1. The highest BCUT2D eigenvalue weighted by Crippen LogP contribution is 1.97. The molecule has 0 aliphatic rings. The van der Waals surface area contributed by atoms with Gasteiger partial charge < -0.3 is 9.47 Å². The summed E-state index contributed by atoms with van der Waals surface area (Å²) in [6.07, 6.45) is 0. The van der Waals surface area contributed by atoms with Gasteiger partial charge in [-0.15, -0.1) is 0 Å². The Morgan fingerprint density at radius 1 is 1.20 bits per heavy atom. The van der Waals surface area contributed by atoms with E-state index in [1.54, 1.807) is 0 Å². The quantitative estimate of drug-likeness (QED) is 0.533. The van der Waals surface area contributed by atoms with Crippen molar-refractivity contribution < 1.29 is 9.47 Å². The first-order valence-corrected chi connectivity index (χ1v) is 7.07. The Balaban J connectivity index is 2.56. The molecule has 1 aromatic rings. The van der Waals surface area contributed by atoms with Crippen LogP contribution >= 0.6 is 0 Å². The van der Waals surface area contributed by atoms with Crippen molar-refractivity contribution in [2.75, 3.05) is 13.2 Å². The number of hydrogen-bond acceptors (Lipinski definition) is 2. The molecular weight excluding hydrogens is 204 g/mol. The summed E-state index contributed by atoms with van der Waals surface area (Å²) in [6.45, 7) is 7.59. The fraction of sp³-hybridized carbons (Fsp3) is 0.500. The van der Waals surface area contributed by atoms with Crippen molar-refractivity contribution >= 4 is 14.7 Å². The van der Waals surface area contributed by atoms with Crippen LogP contribution in [0.1, 0.15) is 19.4 Å². The van der Waals surface area contributed by atoms with Gasteiger partial charge in [0.25, 0.3) is 0 Å². The second kappa shape index (κ2) is 6.77. The van der Waals surface area contributed by atoms with Gasteiger partial charge in [-0.2, -0.15) is 0 Å². The van der Waals surface area contributed by atoms with E-state index in [4.69, 9.17) is 9.47 Å². The van der Waals surface area contributed by atoms with Crippen molar-refractivity contribution in [2.45, 2.75) is 26.7 Å². The van der Waals surface area contributed by atoms with Crippen LogP contribution < -0.4 is 5.19 Å². The molecule has 0 aliphatic carbocycles. The largest absolute Gasteiger partial charge is 0.357 e. The molecule has 1 rings (SSSR count). The van der Waals surface area contributed by atoms with E-state index in [2.05, 4.69) is 31.2 Å². The summed E-state index contributed by atoms with van der Waals surface area (Å²) < 4.78 is 11.1. The van der Waals surface area contributed by atoms with E-state index in [9.17, 15) is 0 Å². The van der Waals surface area contributed by atoms with Crippen molar-refractivity contribution in [3.8, 4) is 0 Å². The van der Waals surface area contributed by atoms with Gasteiger partial charge in [0, 0.05) is 13.2 Å². The Hall–Kier alpha value is -0.643. The van der Waals surface area contributed by atoms with E-state index in [1.807, 2.05) is 13.8 Å². The first kappa shape index (κ1) is 12.4. The van der Waals surface area contributed by atoms with Gasteiger partial charge in [-0.25, -0.2) is 0 Å². The average molecular weight is 224 g/mol. The van der Waals surface area contributed by atoms with E-state index in [-0.39, 0.29) is 5.91 Å². The lowest BCUT2D eigenvalue weighted by Gasteiger charge is -2.16. The van der Waals surface area contributed by atoms with Gasteiger partial charge in [-0.05, 0) is 20.8 Å². The van der Waals surface area contributed by atoms with Crippen LogP contribution in [0.15, 0.2) is 24.3 Å². The molecule has 3 heteroatoms. The average Bonchev–Trinajstić information content (AvgIpc) is 2.18. The molecule has 15 heavy (non-hydrogen) atoms. The first-order valence-electron chi connectivity index (χ1n) is 5.55. The monoisotopic (exact) mass is 224 g/mol. The SMILES string of the molecule is CCOC(OCC)[SiH2]c1cccc(C)c1. The predicted molar refractivity (Wildman–Crippen MR) is 66.4 cm³/mol. The summed E-state index contributed by atoms with van der Waals surface area (Å²) >= 11 is 0. The molecule has 0 saturated heterocycles. The first-order chi connectivity index (χ1) is 7.26. The summed E-state index contributed by atoms with van der Waals surface area (Å²) in [5, 5.41) is 1.40. The Kier molecular flexibility index (Phi) is 5.61. The Morgan fingerprint density at radius 2 is 1.87 bits per heavy atom. The molecule has 0 N–H and O–H groups in total. The lowest BCUT2D eigenvalue weighted by molar-refractivity contribution is -0.0817. The zero-order valence-corrected chi connectivity index (χ0v) is 11.2. The van der Waals surface area contributed by atoms with Crippen LogP contribution in [-0.2, 0) is 9.47 Å². The Labute approximate surface area is 94.4 Å². The number of aryl methyl sites for hydroxylation is 1. The topological polar surface area (TPSA) is 18.5 Å². The van der Waals surface area contributed by atoms with Gasteiger partial charge >= 0.3 is 0 Å². The van der Waals surface area contributed by atoms with E-state index in [1.165, 1.54) is 10.8 Å². The van der Waals surface area contributed by atoms with Crippen molar-refractivity contribution in [1.29, 1.82) is 0 Å². The molecule has 0 fully saturated rings. The van der Waals surface area contributed by atoms with E-state index < -0.39 is 9.52 Å². The minimum Gasteiger partial charge on any atom is -0.357 e. The highest BCUT2D eigenvalue weighted by molar-refractivity contribution is 6.54. The van der Waals surface area contributed by atoms with Crippen LogP contribution in [0.4, 0.5) is 0 Å². The summed E-state index contributed by atoms with van der Waals surface area (Å²) in [4.78, 5) is 0. The van der Waals surface area contributed by atoms with Gasteiger partial charge in [0.15, 0.2) is 0 Å². The van der Waals surface area contributed by atoms with Crippen LogP contribution in [0.25, 0.3) is 0 Å². The zero-order valence-electron chi connectivity index (χ0n) is 9.82. The molecule has 0 saturated carbocycles. The van der Waals surface area contributed by atoms with Gasteiger partial charge in [0.05, 0.1) is 0 Å². The Bertz CT molecular complexity index is 283. The van der Waals surface area contributed by atoms with Crippen molar-refractivity contribution in [1.82, 2.24) is 0 Å². The molecule has 0 aromatic heterocycles. The molecule has 0 bridgehead atoms. The minimum absolute atomic E-state index is 0.0294. The minimum atomic E-state index is -0.485. The third kappa shape index (κ3) is 4.60. The van der Waals surface area contributed by atoms with Gasteiger partial charge in [-0.1, -0.05) is 35.0 Å². The lowest BCUT2D eigenvalue weighted by Crippen LogP contribution is -2.33. The molecule has 0 unspecified atom stereocenters. The van der Waals surface area contributed by atoms with E-state index in [0.717, 1.165) is 13.2 Å². The summed E-state index contributed by atoms with van der Waals surface area (Å²) in [5.74, 6) is 0.0294. The second-order valence-corrected chi connectivity index (χ2v) is 5.42. The molecule has 0 spiro atoms. The molecule has 2 nitrogen and oxygen atoms in total. The molecule has 84 valence electrons. The number of hydrogen-bond donors (Lipinski definition) is 0. The van der Waals surface area contributed by atoms with Gasteiger partial charge in [0.1, 0.15) is 15.4 Å². The molecule has 0 atom stereocenters. The van der Waals surface area contributed by atoms with Crippen LogP contribution in [0, 0.1) is 6.92 Å². The highest BCUT2D eigenvalue weighted by Gasteiger charge is 2.09. The lowest BCUT2D eigenvalue weighted by atomic mass is 10.2. The smallest absolute Gasteiger partial charge is 0.139 e. The van der Waals surface area contributed by atoms with Crippen molar-refractivity contribution in [2.24, 2.45) is 0 Å². The highest BCUT2D eigenvalue weighted by atomic mass is 28.2. The fourth-order valence-electron chi connectivity index (χ4n) is 1.57. The number of ether oxygens (including phenoxy) is 2. The summed E-state index contributed by atoms with van der Waals surface area (Å²) in [7, 11) is -0.485. The fourth-order valence-corrected chi connectivity index (χ4v) is 3.37. The molecule has 0 radical (unpaired) electrons. The Morgan fingerprint density at radius 3 is 2.40 bits per heavy atom. The third-order valence-corrected chi connectivity index (χ3v) is 3.91. The molecule has 0 amide bonds. The molecular formula is C12H20O2Si. The molecule has 1 aromatic carbocycles. The van der Waals surface area contributed by atoms with Crippen LogP contribution in [0.3, 0.4) is 0 Å². The van der Waals surface area contributed by atoms with Gasteiger partial charge in [-0.3, -0.25) is 0 Å². The van der Waals surface area contributed by atoms with E-state index in [0.29, 0.717) is 0 Å². The summed E-state index contributed by atoms with van der Waals surface area (Å²) in [5.41, 5.74) is 1.31. The second-order valence-electron chi connectivity index (χ2n) is 3.53. The maximum Gasteiger partial charge on any atom is 0.139 e. The van der Waals surface area contributed by atoms with Gasteiger partial charge in [0.2, 0.25) is 0 Å². The molecule has 0 heterocycles. The van der Waals surface area contributed by atoms with Crippen LogP contribution in [0.5, 0.6) is 0 Å². The maximum atomic E-state index is 5.57. The van der Waals surface area contributed by atoms with Crippen LogP contribution in [-0.4, -0.2) is 28.6 Å². The van der Waals surface area contributed by atoms with Crippen molar-refractivity contribution in [3.63, 3.8) is 0 Å². The summed E-state index contributed by atoms with van der Waals surface area (Å²) in [6, 6.07) is 8.63. The maximum absolute atomic E-state index is 5.57.